The highest BCUT2D eigenvalue weighted by Crippen LogP contribution is 2.29. The Bertz CT molecular complexity index is 570. The molecule has 1 heterocycles. The number of para-hydroxylation sites is 1. The van der Waals surface area contributed by atoms with Crippen LogP contribution in [-0.4, -0.2) is 52.5 Å². The van der Waals surface area contributed by atoms with E-state index in [1.807, 2.05) is 12.1 Å². The minimum atomic E-state index is -3.42. The maximum absolute atomic E-state index is 12.5. The molecule has 118 valence electrons. The molecule has 1 unspecified atom stereocenters. The standard InChI is InChI=1S/C15H25N3O2S/c1-4-16-13-8-7-11-18(12-13)14-9-5-6-10-15(14)21(19,20)17(2)3/h5-6,9-10,13,16H,4,7-8,11-12H2,1-3H3. The summed E-state index contributed by atoms with van der Waals surface area (Å²) in [5.74, 6) is 0. The molecular formula is C15H25N3O2S. The number of sulfonamides is 1. The average Bonchev–Trinajstić information content (AvgIpc) is 2.48. The van der Waals surface area contributed by atoms with E-state index in [2.05, 4.69) is 17.1 Å². The molecule has 0 radical (unpaired) electrons. The van der Waals surface area contributed by atoms with E-state index in [0.717, 1.165) is 38.2 Å². The highest BCUT2D eigenvalue weighted by Gasteiger charge is 2.26. The van der Waals surface area contributed by atoms with Crippen molar-refractivity contribution in [2.45, 2.75) is 30.7 Å². The molecule has 0 aromatic heterocycles. The Balaban J connectivity index is 2.32. The van der Waals surface area contributed by atoms with Crippen molar-refractivity contribution in [2.24, 2.45) is 0 Å². The smallest absolute Gasteiger partial charge is 0.244 e. The minimum absolute atomic E-state index is 0.396. The van der Waals surface area contributed by atoms with Gasteiger partial charge in [-0.05, 0) is 31.5 Å². The zero-order chi connectivity index (χ0) is 15.5. The van der Waals surface area contributed by atoms with Gasteiger partial charge in [-0.2, -0.15) is 0 Å². The van der Waals surface area contributed by atoms with Crippen LogP contribution in [0.1, 0.15) is 19.8 Å². The Kier molecular flexibility index (Phi) is 5.24. The lowest BCUT2D eigenvalue weighted by atomic mass is 10.0. The van der Waals surface area contributed by atoms with Crippen molar-refractivity contribution < 1.29 is 8.42 Å². The third-order valence-electron chi connectivity index (χ3n) is 3.88. The molecule has 1 aromatic rings. The normalized spacial score (nSPS) is 20.0. The van der Waals surface area contributed by atoms with E-state index in [9.17, 15) is 8.42 Å². The van der Waals surface area contributed by atoms with Gasteiger partial charge < -0.3 is 10.2 Å². The molecule has 2 rings (SSSR count). The van der Waals surface area contributed by atoms with Crippen LogP contribution >= 0.6 is 0 Å². The topological polar surface area (TPSA) is 52.7 Å². The Labute approximate surface area is 128 Å². The first-order chi connectivity index (χ1) is 9.96. The van der Waals surface area contributed by atoms with Crippen molar-refractivity contribution in [2.75, 3.05) is 38.6 Å². The van der Waals surface area contributed by atoms with Crippen molar-refractivity contribution in [3.63, 3.8) is 0 Å². The molecule has 21 heavy (non-hydrogen) atoms. The Morgan fingerprint density at radius 3 is 2.71 bits per heavy atom. The summed E-state index contributed by atoms with van der Waals surface area (Å²) >= 11 is 0. The molecule has 6 heteroatoms. The number of hydrogen-bond acceptors (Lipinski definition) is 4. The lowest BCUT2D eigenvalue weighted by molar-refractivity contribution is 0.430. The van der Waals surface area contributed by atoms with Crippen LogP contribution in [0.4, 0.5) is 5.69 Å². The van der Waals surface area contributed by atoms with Crippen LogP contribution < -0.4 is 10.2 Å². The molecule has 1 N–H and O–H groups in total. The molecule has 1 atom stereocenters. The van der Waals surface area contributed by atoms with Crippen LogP contribution in [0.3, 0.4) is 0 Å². The van der Waals surface area contributed by atoms with Gasteiger partial charge in [-0.25, -0.2) is 12.7 Å². The summed E-state index contributed by atoms with van der Waals surface area (Å²) < 4.78 is 26.2. The van der Waals surface area contributed by atoms with Crippen molar-refractivity contribution in [1.82, 2.24) is 9.62 Å². The number of likely N-dealkylation sites (N-methyl/N-ethyl adjacent to an activating group) is 1. The molecule has 0 amide bonds. The quantitative estimate of drug-likeness (QED) is 0.896. The Morgan fingerprint density at radius 2 is 2.05 bits per heavy atom. The Morgan fingerprint density at radius 1 is 1.33 bits per heavy atom. The number of hydrogen-bond donors (Lipinski definition) is 1. The van der Waals surface area contributed by atoms with Crippen molar-refractivity contribution in [1.29, 1.82) is 0 Å². The van der Waals surface area contributed by atoms with Gasteiger partial charge in [0.05, 0.1) is 5.69 Å². The predicted octanol–water partition coefficient (Wildman–Crippen LogP) is 1.52. The second kappa shape index (κ2) is 6.77. The van der Waals surface area contributed by atoms with E-state index in [1.165, 1.54) is 4.31 Å². The molecule has 0 bridgehead atoms. The van der Waals surface area contributed by atoms with E-state index in [0.29, 0.717) is 10.9 Å². The molecule has 1 aliphatic rings. The number of anilines is 1. The van der Waals surface area contributed by atoms with E-state index in [-0.39, 0.29) is 0 Å². The van der Waals surface area contributed by atoms with Gasteiger partial charge in [0, 0.05) is 33.2 Å². The number of benzene rings is 1. The summed E-state index contributed by atoms with van der Waals surface area (Å²) in [6, 6.07) is 7.72. The van der Waals surface area contributed by atoms with Gasteiger partial charge in [-0.1, -0.05) is 19.1 Å². The summed E-state index contributed by atoms with van der Waals surface area (Å²) in [5.41, 5.74) is 0.814. The molecule has 1 aliphatic heterocycles. The van der Waals surface area contributed by atoms with Gasteiger partial charge >= 0.3 is 0 Å². The van der Waals surface area contributed by atoms with Crippen molar-refractivity contribution in [3.8, 4) is 0 Å². The largest absolute Gasteiger partial charge is 0.369 e. The highest BCUT2D eigenvalue weighted by atomic mass is 32.2. The first-order valence-electron chi connectivity index (χ1n) is 7.46. The van der Waals surface area contributed by atoms with Crippen LogP contribution in [-0.2, 0) is 10.0 Å². The van der Waals surface area contributed by atoms with Gasteiger partial charge in [0.1, 0.15) is 4.90 Å². The van der Waals surface area contributed by atoms with Gasteiger partial charge in [-0.15, -0.1) is 0 Å². The van der Waals surface area contributed by atoms with Gasteiger partial charge in [0.25, 0.3) is 0 Å². The van der Waals surface area contributed by atoms with Gasteiger partial charge in [0.15, 0.2) is 0 Å². The first kappa shape index (κ1) is 16.3. The van der Waals surface area contributed by atoms with E-state index in [1.54, 1.807) is 26.2 Å². The fraction of sp³-hybridized carbons (Fsp3) is 0.600. The second-order valence-corrected chi connectivity index (χ2v) is 7.72. The zero-order valence-electron chi connectivity index (χ0n) is 13.0. The van der Waals surface area contributed by atoms with Gasteiger partial charge in [-0.3, -0.25) is 0 Å². The lowest BCUT2D eigenvalue weighted by Crippen LogP contribution is -2.46. The van der Waals surface area contributed by atoms with E-state index < -0.39 is 10.0 Å². The molecule has 5 nitrogen and oxygen atoms in total. The maximum atomic E-state index is 12.5. The van der Waals surface area contributed by atoms with E-state index >= 15 is 0 Å². The highest BCUT2D eigenvalue weighted by molar-refractivity contribution is 7.89. The molecule has 1 fully saturated rings. The third-order valence-corrected chi connectivity index (χ3v) is 5.74. The summed E-state index contributed by atoms with van der Waals surface area (Å²) in [6.07, 6.45) is 2.22. The maximum Gasteiger partial charge on any atom is 0.244 e. The number of nitrogens with zero attached hydrogens (tertiary/aromatic N) is 2. The lowest BCUT2D eigenvalue weighted by Gasteiger charge is -2.36. The van der Waals surface area contributed by atoms with Crippen LogP contribution in [0.25, 0.3) is 0 Å². The van der Waals surface area contributed by atoms with Crippen LogP contribution in [0.15, 0.2) is 29.2 Å². The SMILES string of the molecule is CCNC1CCCN(c2ccccc2S(=O)(=O)N(C)C)C1. The zero-order valence-corrected chi connectivity index (χ0v) is 13.9. The Hall–Kier alpha value is -1.11. The number of nitrogens with one attached hydrogen (secondary N) is 1. The molecule has 1 aromatic carbocycles. The second-order valence-electron chi connectivity index (χ2n) is 5.60. The van der Waals surface area contributed by atoms with Crippen molar-refractivity contribution in [3.05, 3.63) is 24.3 Å². The van der Waals surface area contributed by atoms with Gasteiger partial charge in [0.2, 0.25) is 10.0 Å². The van der Waals surface area contributed by atoms with E-state index in [4.69, 9.17) is 0 Å². The summed E-state index contributed by atoms with van der Waals surface area (Å²) in [5, 5.41) is 3.46. The molecular weight excluding hydrogens is 286 g/mol. The molecule has 0 aliphatic carbocycles. The monoisotopic (exact) mass is 311 g/mol. The first-order valence-corrected chi connectivity index (χ1v) is 8.90. The van der Waals surface area contributed by atoms with Crippen molar-refractivity contribution >= 4 is 15.7 Å². The number of rotatable bonds is 5. The third kappa shape index (κ3) is 3.56. The van der Waals surface area contributed by atoms with Crippen LogP contribution in [0.2, 0.25) is 0 Å². The fourth-order valence-electron chi connectivity index (χ4n) is 2.78. The van der Waals surface area contributed by atoms with Crippen LogP contribution in [0.5, 0.6) is 0 Å². The molecule has 0 spiro atoms. The fourth-order valence-corrected chi connectivity index (χ4v) is 3.89. The average molecular weight is 311 g/mol. The minimum Gasteiger partial charge on any atom is -0.369 e. The summed E-state index contributed by atoms with van der Waals surface area (Å²) in [6.45, 7) is 4.80. The summed E-state index contributed by atoms with van der Waals surface area (Å²) in [4.78, 5) is 2.58. The van der Waals surface area contributed by atoms with Crippen LogP contribution in [0, 0.1) is 0 Å². The number of piperidine rings is 1. The summed E-state index contributed by atoms with van der Waals surface area (Å²) in [7, 11) is -0.269. The predicted molar refractivity (Wildman–Crippen MR) is 86.2 cm³/mol. The molecule has 1 saturated heterocycles. The molecule has 0 saturated carbocycles.